The van der Waals surface area contributed by atoms with E-state index in [9.17, 15) is 19.2 Å². The van der Waals surface area contributed by atoms with Gasteiger partial charge in [0.1, 0.15) is 0 Å². The van der Waals surface area contributed by atoms with E-state index in [1.54, 1.807) is 6.92 Å². The first-order chi connectivity index (χ1) is 14.7. The van der Waals surface area contributed by atoms with Crippen LogP contribution in [-0.4, -0.2) is 40.5 Å². The maximum atomic E-state index is 12.7. The summed E-state index contributed by atoms with van der Waals surface area (Å²) in [5.41, 5.74) is 2.39. The molecule has 0 radical (unpaired) electrons. The van der Waals surface area contributed by atoms with Gasteiger partial charge in [-0.1, -0.05) is 41.7 Å². The van der Waals surface area contributed by atoms with Crippen molar-refractivity contribution in [3.05, 3.63) is 57.7 Å². The first-order valence-electron chi connectivity index (χ1n) is 9.40. The van der Waals surface area contributed by atoms with Gasteiger partial charge >= 0.3 is 5.97 Å². The summed E-state index contributed by atoms with van der Waals surface area (Å²) >= 11 is 1.08. The zero-order valence-corrected chi connectivity index (χ0v) is 18.3. The maximum absolute atomic E-state index is 12.7. The zero-order valence-electron chi connectivity index (χ0n) is 17.5. The highest BCUT2D eigenvalue weighted by Crippen LogP contribution is 2.31. The van der Waals surface area contributed by atoms with Crippen LogP contribution in [0.25, 0.3) is 11.3 Å². The largest absolute Gasteiger partial charge is 0.465 e. The van der Waals surface area contributed by atoms with E-state index in [0.29, 0.717) is 16.1 Å². The van der Waals surface area contributed by atoms with E-state index in [2.05, 4.69) is 15.3 Å². The molecule has 1 amide bonds. The van der Waals surface area contributed by atoms with Crippen molar-refractivity contribution < 1.29 is 23.9 Å². The molecular weight excluding hydrogens is 418 g/mol. The summed E-state index contributed by atoms with van der Waals surface area (Å²) in [5.74, 6) is -1.50. The molecule has 31 heavy (non-hydrogen) atoms. The standard InChI is InChI=1S/C22H21N3O5S/c1-11-17(21(29)30-4)15(23-18(11)12(2)26)10-16(28)24-22-25-19(20(31-22)13(3)27)14-8-6-5-7-9-14/h5-9,23H,10H2,1-4H3,(H,24,25,28). The van der Waals surface area contributed by atoms with Gasteiger partial charge < -0.3 is 15.0 Å². The van der Waals surface area contributed by atoms with E-state index < -0.39 is 11.9 Å². The van der Waals surface area contributed by atoms with Crippen molar-refractivity contribution in [1.82, 2.24) is 9.97 Å². The molecule has 2 heterocycles. The number of hydrogen-bond acceptors (Lipinski definition) is 7. The Labute approximate surface area is 182 Å². The number of nitrogens with one attached hydrogen (secondary N) is 2. The van der Waals surface area contributed by atoms with Gasteiger partial charge in [-0.3, -0.25) is 14.4 Å². The van der Waals surface area contributed by atoms with Gasteiger partial charge in [-0.25, -0.2) is 9.78 Å². The number of amides is 1. The molecule has 160 valence electrons. The molecule has 0 unspecified atom stereocenters. The predicted molar refractivity (Wildman–Crippen MR) is 117 cm³/mol. The summed E-state index contributed by atoms with van der Waals surface area (Å²) in [7, 11) is 1.23. The molecule has 0 saturated heterocycles. The number of nitrogens with zero attached hydrogens (tertiary/aromatic N) is 1. The minimum atomic E-state index is -0.636. The van der Waals surface area contributed by atoms with Crippen molar-refractivity contribution in [2.75, 3.05) is 12.4 Å². The Bertz CT molecular complexity index is 1180. The van der Waals surface area contributed by atoms with Crippen LogP contribution in [0, 0.1) is 6.92 Å². The number of carbonyl (C=O) groups is 4. The summed E-state index contributed by atoms with van der Waals surface area (Å²) in [5, 5.41) is 2.94. The summed E-state index contributed by atoms with van der Waals surface area (Å²) < 4.78 is 4.80. The number of rotatable bonds is 7. The third kappa shape index (κ3) is 4.61. The second-order valence-corrected chi connectivity index (χ2v) is 7.87. The van der Waals surface area contributed by atoms with Crippen molar-refractivity contribution >= 4 is 39.9 Å². The molecule has 9 heteroatoms. The van der Waals surface area contributed by atoms with Gasteiger partial charge in [0.25, 0.3) is 0 Å². The van der Waals surface area contributed by atoms with E-state index in [0.717, 1.165) is 16.9 Å². The monoisotopic (exact) mass is 439 g/mol. The summed E-state index contributed by atoms with van der Waals surface area (Å²) in [4.78, 5) is 56.5. The molecular formula is C22H21N3O5S. The number of aromatic nitrogens is 2. The Hall–Kier alpha value is -3.59. The molecule has 0 spiro atoms. The molecule has 1 aromatic carbocycles. The quantitative estimate of drug-likeness (QED) is 0.427. The van der Waals surface area contributed by atoms with Crippen molar-refractivity contribution in [3.63, 3.8) is 0 Å². The number of anilines is 1. The van der Waals surface area contributed by atoms with Gasteiger partial charge in [0.15, 0.2) is 16.7 Å². The molecule has 0 atom stereocenters. The van der Waals surface area contributed by atoms with Crippen molar-refractivity contribution in [3.8, 4) is 11.3 Å². The Balaban J connectivity index is 1.88. The Morgan fingerprint density at radius 1 is 1.10 bits per heavy atom. The lowest BCUT2D eigenvalue weighted by molar-refractivity contribution is -0.115. The van der Waals surface area contributed by atoms with Crippen molar-refractivity contribution in [2.24, 2.45) is 0 Å². The number of carbonyl (C=O) groups excluding carboxylic acids is 4. The van der Waals surface area contributed by atoms with Crippen molar-refractivity contribution in [2.45, 2.75) is 27.2 Å². The van der Waals surface area contributed by atoms with Crippen LogP contribution in [0.5, 0.6) is 0 Å². The molecule has 3 rings (SSSR count). The minimum absolute atomic E-state index is 0.157. The van der Waals surface area contributed by atoms with E-state index in [4.69, 9.17) is 4.74 Å². The SMILES string of the molecule is COC(=O)c1c(CC(=O)Nc2nc(-c3ccccc3)c(C(C)=O)s2)[nH]c(C(C)=O)c1C. The number of benzene rings is 1. The number of H-pyrrole nitrogens is 1. The van der Waals surface area contributed by atoms with Crippen LogP contribution in [0.15, 0.2) is 30.3 Å². The van der Waals surface area contributed by atoms with Crippen LogP contribution in [0.3, 0.4) is 0 Å². The molecule has 3 aromatic rings. The lowest BCUT2D eigenvalue weighted by atomic mass is 10.1. The molecule has 8 nitrogen and oxygen atoms in total. The Kier molecular flexibility index (Phi) is 6.45. The van der Waals surface area contributed by atoms with Gasteiger partial charge in [-0.05, 0) is 12.5 Å². The number of thiazole rings is 1. The normalized spacial score (nSPS) is 10.6. The number of ether oxygens (including phenoxy) is 1. The van der Waals surface area contributed by atoms with E-state index in [-0.39, 0.29) is 40.1 Å². The average molecular weight is 439 g/mol. The molecule has 0 aliphatic heterocycles. The third-order valence-electron chi connectivity index (χ3n) is 4.65. The van der Waals surface area contributed by atoms with Crippen LogP contribution in [0.4, 0.5) is 5.13 Å². The van der Waals surface area contributed by atoms with Crippen LogP contribution in [-0.2, 0) is 16.0 Å². The molecule has 0 bridgehead atoms. The number of Topliss-reactive ketones (excluding diaryl/α,β-unsaturated/α-hetero) is 2. The molecule has 2 aromatic heterocycles. The summed E-state index contributed by atoms with van der Waals surface area (Å²) in [6, 6.07) is 9.21. The van der Waals surface area contributed by atoms with Gasteiger partial charge in [-0.2, -0.15) is 0 Å². The number of aromatic amines is 1. The summed E-state index contributed by atoms with van der Waals surface area (Å²) in [6.45, 7) is 4.43. The fourth-order valence-corrected chi connectivity index (χ4v) is 4.15. The number of esters is 1. The van der Waals surface area contributed by atoms with E-state index in [1.165, 1.54) is 21.0 Å². The topological polar surface area (TPSA) is 118 Å². The third-order valence-corrected chi connectivity index (χ3v) is 5.72. The van der Waals surface area contributed by atoms with E-state index >= 15 is 0 Å². The number of methoxy groups -OCH3 is 1. The molecule has 0 saturated carbocycles. The van der Waals surface area contributed by atoms with Gasteiger partial charge in [0.05, 0.1) is 35.4 Å². The summed E-state index contributed by atoms with van der Waals surface area (Å²) in [6.07, 6.45) is -0.200. The highest BCUT2D eigenvalue weighted by molar-refractivity contribution is 7.18. The predicted octanol–water partition coefficient (Wildman–Crippen LogP) is 3.82. The lowest BCUT2D eigenvalue weighted by Crippen LogP contribution is -2.17. The van der Waals surface area contributed by atoms with Gasteiger partial charge in [-0.15, -0.1) is 0 Å². The Morgan fingerprint density at radius 2 is 1.77 bits per heavy atom. The first-order valence-corrected chi connectivity index (χ1v) is 10.2. The van der Waals surface area contributed by atoms with Crippen LogP contribution in [0.2, 0.25) is 0 Å². The second-order valence-electron chi connectivity index (χ2n) is 6.87. The molecule has 0 aliphatic rings. The highest BCUT2D eigenvalue weighted by Gasteiger charge is 2.25. The molecule has 0 fully saturated rings. The van der Waals surface area contributed by atoms with Crippen molar-refractivity contribution in [1.29, 1.82) is 0 Å². The Morgan fingerprint density at radius 3 is 2.35 bits per heavy atom. The van der Waals surface area contributed by atoms with Gasteiger partial charge in [0.2, 0.25) is 5.91 Å². The molecule has 2 N–H and O–H groups in total. The minimum Gasteiger partial charge on any atom is -0.465 e. The van der Waals surface area contributed by atoms with Crippen LogP contribution >= 0.6 is 11.3 Å². The van der Waals surface area contributed by atoms with E-state index in [1.807, 2.05) is 30.3 Å². The zero-order chi connectivity index (χ0) is 22.7. The number of hydrogen-bond donors (Lipinski definition) is 2. The van der Waals surface area contributed by atoms with Gasteiger partial charge in [0, 0.05) is 25.1 Å². The fourth-order valence-electron chi connectivity index (χ4n) is 3.25. The van der Waals surface area contributed by atoms with Crippen LogP contribution in [0.1, 0.15) is 55.6 Å². The number of ketones is 2. The maximum Gasteiger partial charge on any atom is 0.339 e. The second kappa shape index (κ2) is 9.05. The first kappa shape index (κ1) is 22.1. The smallest absolute Gasteiger partial charge is 0.339 e. The van der Waals surface area contributed by atoms with Crippen LogP contribution < -0.4 is 5.32 Å². The average Bonchev–Trinajstić information content (AvgIpc) is 3.29. The fraction of sp³-hybridized carbons (Fsp3) is 0.227. The highest BCUT2D eigenvalue weighted by atomic mass is 32.1. The molecule has 0 aliphatic carbocycles. The lowest BCUT2D eigenvalue weighted by Gasteiger charge is -2.04.